The summed E-state index contributed by atoms with van der Waals surface area (Å²) in [5.74, 6) is -0.103. The van der Waals surface area contributed by atoms with Gasteiger partial charge < -0.3 is 58.7 Å². The topological polar surface area (TPSA) is 258 Å². The van der Waals surface area contributed by atoms with Gasteiger partial charge in [0, 0.05) is 41.0 Å². The first-order valence-electron chi connectivity index (χ1n) is 34.0. The van der Waals surface area contributed by atoms with E-state index in [-0.39, 0.29) is 76.1 Å². The molecule has 7 aliphatic rings. The molecule has 0 bridgehead atoms. The Morgan fingerprint density at radius 2 is 0.802 bits per heavy atom. The number of ether oxygens (including phenoxy) is 6. The van der Waals surface area contributed by atoms with E-state index in [1.165, 1.54) is 36.4 Å². The Morgan fingerprint density at radius 3 is 1.21 bits per heavy atom. The number of aryl methyl sites for hydroxylation is 8. The highest BCUT2D eigenvalue weighted by Gasteiger charge is 2.57. The molecule has 21 nitrogen and oxygen atoms in total. The fourth-order valence-corrected chi connectivity index (χ4v) is 12.7. The fraction of sp³-hybridized carbons (Fsp3) is 0.338. The number of benzene rings is 3. The third kappa shape index (κ3) is 15.0. The lowest BCUT2D eigenvalue weighted by Crippen LogP contribution is -2.41. The lowest BCUT2D eigenvalue weighted by molar-refractivity contribution is -0.287. The number of H-pyrrole nitrogens is 1. The van der Waals surface area contributed by atoms with Crippen molar-refractivity contribution < 1.29 is 78.5 Å². The van der Waals surface area contributed by atoms with Crippen LogP contribution in [0.5, 0.6) is 34.5 Å². The van der Waals surface area contributed by atoms with Crippen LogP contribution in [0, 0.1) is 55.4 Å². The summed E-state index contributed by atoms with van der Waals surface area (Å²) >= 11 is 5.97. The summed E-state index contributed by atoms with van der Waals surface area (Å²) < 4.78 is 119. The van der Waals surface area contributed by atoms with Crippen LogP contribution < -0.4 is 55.4 Å². The van der Waals surface area contributed by atoms with Crippen molar-refractivity contribution in [1.29, 1.82) is 0 Å². The van der Waals surface area contributed by atoms with Gasteiger partial charge in [-0.15, -0.1) is 26.3 Å². The molecule has 550 valence electrons. The Balaban J connectivity index is 0.000000128. The molecular formula is C77H73BClF6N9O12. The summed E-state index contributed by atoms with van der Waals surface area (Å²) in [6.45, 7) is 23.6. The van der Waals surface area contributed by atoms with E-state index in [0.717, 1.165) is 61.5 Å². The molecular weight excluding hydrogens is 1400 g/mol. The van der Waals surface area contributed by atoms with E-state index in [2.05, 4.69) is 108 Å². The molecule has 4 fully saturated rings. The van der Waals surface area contributed by atoms with Gasteiger partial charge in [-0.3, -0.25) is 29.1 Å². The smallest absolute Gasteiger partial charge is 0.399 e. The molecule has 6 aromatic heterocycles. The first kappa shape index (κ1) is 73.7. The lowest BCUT2D eigenvalue weighted by Gasteiger charge is -2.32. The fourth-order valence-electron chi connectivity index (χ4n) is 12.6. The second kappa shape index (κ2) is 27.1. The quantitative estimate of drug-likeness (QED) is 0.0503. The van der Waals surface area contributed by atoms with E-state index in [1.54, 1.807) is 67.0 Å². The van der Waals surface area contributed by atoms with Crippen LogP contribution in [0.1, 0.15) is 128 Å². The number of nitrogens with zero attached hydrogens (tertiary/aromatic N) is 5. The van der Waals surface area contributed by atoms with Gasteiger partial charge in [0.15, 0.2) is 34.5 Å². The molecule has 0 spiro atoms. The summed E-state index contributed by atoms with van der Waals surface area (Å²) in [5, 5.41) is 8.78. The minimum Gasteiger partial charge on any atom is -0.399 e. The zero-order valence-corrected chi connectivity index (χ0v) is 60.5. The molecule has 3 amide bonds. The van der Waals surface area contributed by atoms with E-state index in [1.807, 2.05) is 73.7 Å². The average Bonchev–Trinajstić information content (AvgIpc) is 1.58. The third-order valence-electron chi connectivity index (χ3n) is 19.9. The number of alkyl halides is 6. The van der Waals surface area contributed by atoms with Crippen LogP contribution >= 0.6 is 11.6 Å². The number of pyridine rings is 6. The number of rotatable bonds is 12. The molecule has 0 radical (unpaired) electrons. The number of aromatic nitrogens is 6. The molecule has 4 N–H and O–H groups in total. The largest absolute Gasteiger partial charge is 0.586 e. The minimum absolute atomic E-state index is 0.0399. The van der Waals surface area contributed by atoms with Crippen LogP contribution in [0.2, 0.25) is 5.15 Å². The number of nitrogens with one attached hydrogen (secondary N) is 4. The van der Waals surface area contributed by atoms with Crippen molar-refractivity contribution >= 4 is 59.4 Å². The molecule has 0 atom stereocenters. The van der Waals surface area contributed by atoms with Crippen LogP contribution in [-0.2, 0) is 39.9 Å². The van der Waals surface area contributed by atoms with Gasteiger partial charge in [-0.25, -0.2) is 15.0 Å². The monoisotopic (exact) mass is 1480 g/mol. The molecule has 9 aromatic rings. The lowest BCUT2D eigenvalue weighted by atomic mass is 9.77. The van der Waals surface area contributed by atoms with Crippen molar-refractivity contribution in [2.75, 3.05) is 16.0 Å². The first-order chi connectivity index (χ1) is 49.8. The van der Waals surface area contributed by atoms with Crippen LogP contribution in [0.3, 0.4) is 0 Å². The van der Waals surface area contributed by atoms with Gasteiger partial charge >= 0.3 is 26.0 Å². The molecule has 10 heterocycles. The average molecular weight is 1480 g/mol. The molecule has 4 aliphatic heterocycles. The zero-order valence-electron chi connectivity index (χ0n) is 59.7. The highest BCUT2D eigenvalue weighted by Crippen LogP contribution is 2.55. The molecule has 3 saturated carbocycles. The van der Waals surface area contributed by atoms with E-state index in [0.29, 0.717) is 89.1 Å². The predicted octanol–water partition coefficient (Wildman–Crippen LogP) is 15.1. The van der Waals surface area contributed by atoms with Gasteiger partial charge in [-0.1, -0.05) is 54.1 Å². The molecule has 106 heavy (non-hydrogen) atoms. The number of carbonyl (C=O) groups is 3. The summed E-state index contributed by atoms with van der Waals surface area (Å²) in [6.07, 6.45) is -2.25. The van der Waals surface area contributed by atoms with Crippen molar-refractivity contribution in [1.82, 2.24) is 29.9 Å². The molecule has 16 rings (SSSR count). The highest BCUT2D eigenvalue weighted by molar-refractivity contribution is 6.62. The van der Waals surface area contributed by atoms with Gasteiger partial charge in [0.25, 0.3) is 5.56 Å². The number of anilines is 3. The van der Waals surface area contributed by atoms with Crippen molar-refractivity contribution in [3.8, 4) is 57.0 Å². The van der Waals surface area contributed by atoms with Crippen LogP contribution in [-0.4, -0.2) is 84.8 Å². The molecule has 1 saturated heterocycles. The number of amides is 3. The van der Waals surface area contributed by atoms with Gasteiger partial charge in [0.05, 0.1) is 44.4 Å². The maximum absolute atomic E-state index is 13.4. The number of carbonyl (C=O) groups excluding carboxylic acids is 3. The van der Waals surface area contributed by atoms with Gasteiger partial charge in [0.2, 0.25) is 17.7 Å². The SMILES string of the molecule is Cc1c[nH]c(=O)c(-c2nc(NC(=O)C3(c4ccc5c(c4)OC(F)(F)O5)CC3)ccc2C)c1.Cc1ccc(NC(=O)C2(c3ccc4c(c3)OC(F)(F)O4)CC2)nc1Cl.Cc1cnc(C)c(-c2nc(NC(=O)C3(c4ccc5c(c4)OC(F)(F)O5)CC3)ccc2C)c1.Cc1cnc(C)c(B2OC(C)(C)C(C)(C)O2)c1. The third-order valence-corrected chi connectivity index (χ3v) is 20.3. The van der Waals surface area contributed by atoms with E-state index in [4.69, 9.17) is 20.9 Å². The van der Waals surface area contributed by atoms with Gasteiger partial charge in [-0.05, 0) is 238 Å². The van der Waals surface area contributed by atoms with Crippen LogP contribution in [0.25, 0.3) is 22.5 Å². The van der Waals surface area contributed by atoms with Crippen LogP contribution in [0.15, 0.2) is 133 Å². The van der Waals surface area contributed by atoms with E-state index < -0.39 is 35.1 Å². The Hall–Kier alpha value is -10.6. The van der Waals surface area contributed by atoms with Crippen molar-refractivity contribution in [3.05, 3.63) is 205 Å². The molecule has 29 heteroatoms. The number of hydrogen-bond acceptors (Lipinski definition) is 17. The van der Waals surface area contributed by atoms with E-state index >= 15 is 0 Å². The highest BCUT2D eigenvalue weighted by atomic mass is 35.5. The minimum atomic E-state index is -3.71. The normalized spacial score (nSPS) is 18.3. The molecule has 3 aliphatic carbocycles. The van der Waals surface area contributed by atoms with Crippen molar-refractivity contribution in [3.63, 3.8) is 0 Å². The molecule has 3 aromatic carbocycles. The Morgan fingerprint density at radius 1 is 0.443 bits per heavy atom. The second-order valence-corrected chi connectivity index (χ2v) is 28.8. The summed E-state index contributed by atoms with van der Waals surface area (Å²) in [5.41, 5.74) is 9.46. The summed E-state index contributed by atoms with van der Waals surface area (Å²) in [7, 11) is -0.313. The van der Waals surface area contributed by atoms with Gasteiger partial charge in [-0.2, -0.15) is 0 Å². The predicted molar refractivity (Wildman–Crippen MR) is 381 cm³/mol. The number of fused-ring (bicyclic) bond motifs is 3. The summed E-state index contributed by atoms with van der Waals surface area (Å²) in [6, 6.07) is 29.7. The standard InChI is InChI=1S/C24H21F2N3O3.C23H19F2N3O4.C17H13ClF2N2O3.C13H20BNO2/c1-13-10-17(15(3)27-12-13)21-14(2)4-7-20(28-21)29-22(30)23(8-9-23)16-5-6-18-19(11-16)32-24(25,26)31-18;1-12-9-15(20(29)26-11-12)19-13(2)3-6-18(27-19)28-21(30)22(7-8-22)14-4-5-16-17(10-14)32-23(24,25)31-16;1-9-2-5-13(21-14(9)18)22-15(23)16(6-7-16)10-3-4-11-12(8-10)25-17(19,20)24-11;1-9-7-11(10(2)15-8-9)14-16-12(3,4)13(5,6)17-14/h4-7,10-12H,8-9H2,1-3H3,(H,28,29,30);3-6,9-11H,7-8H2,1-2H3,(H,26,29)(H,27,28,30);2-5,8H,6-7H2,1H3,(H,21,22,23);7-8H,1-6H3. The second-order valence-electron chi connectivity index (χ2n) is 28.5. The van der Waals surface area contributed by atoms with E-state index in [9.17, 15) is 45.5 Å². The number of aromatic amines is 1. The zero-order chi connectivity index (χ0) is 76.0. The Labute approximate surface area is 610 Å². The first-order valence-corrected chi connectivity index (χ1v) is 34.4. The Kier molecular flexibility index (Phi) is 18.8. The molecule has 0 unspecified atom stereocenters. The maximum atomic E-state index is 13.4. The summed E-state index contributed by atoms with van der Waals surface area (Å²) in [4.78, 5) is 76.1. The maximum Gasteiger partial charge on any atom is 0.586 e. The number of halogens is 7. The number of hydrogen-bond donors (Lipinski definition) is 4. The van der Waals surface area contributed by atoms with Crippen LogP contribution in [0.4, 0.5) is 43.8 Å². The van der Waals surface area contributed by atoms with Crippen molar-refractivity contribution in [2.45, 2.75) is 168 Å². The van der Waals surface area contributed by atoms with Gasteiger partial charge in [0.1, 0.15) is 22.6 Å². The van der Waals surface area contributed by atoms with Crippen molar-refractivity contribution in [2.24, 2.45) is 0 Å². The Bertz CT molecular complexity index is 5090.